The molecule has 3 N–H and O–H groups in total. The van der Waals surface area contributed by atoms with E-state index in [9.17, 15) is 8.42 Å². The summed E-state index contributed by atoms with van der Waals surface area (Å²) in [5.74, 6) is 0.230. The predicted octanol–water partition coefficient (Wildman–Crippen LogP) is 2.50. The van der Waals surface area contributed by atoms with Crippen LogP contribution in [0.25, 0.3) is 0 Å². The van der Waals surface area contributed by atoms with E-state index in [4.69, 9.17) is 5.73 Å². The number of nitrogens with two attached hydrogens (primary N) is 1. The van der Waals surface area contributed by atoms with Gasteiger partial charge in [0.05, 0.1) is 6.33 Å². The Labute approximate surface area is 171 Å². The van der Waals surface area contributed by atoms with Gasteiger partial charge in [-0.1, -0.05) is 48.5 Å². The number of aromatic nitrogens is 2. The van der Waals surface area contributed by atoms with Crippen LogP contribution in [0, 0.1) is 0 Å². The molecule has 0 unspecified atom stereocenters. The Bertz CT molecular complexity index is 1090. The van der Waals surface area contributed by atoms with E-state index in [-0.39, 0.29) is 23.5 Å². The van der Waals surface area contributed by atoms with Gasteiger partial charge in [0.15, 0.2) is 5.03 Å². The molecule has 29 heavy (non-hydrogen) atoms. The van der Waals surface area contributed by atoms with Gasteiger partial charge in [-0.15, -0.1) is 0 Å². The molecular weight excluding hydrogens is 384 g/mol. The summed E-state index contributed by atoms with van der Waals surface area (Å²) in [4.78, 5) is 3.93. The van der Waals surface area contributed by atoms with E-state index < -0.39 is 10.0 Å². The van der Waals surface area contributed by atoms with Crippen molar-refractivity contribution in [3.63, 3.8) is 0 Å². The van der Waals surface area contributed by atoms with Crippen LogP contribution < -0.4 is 10.5 Å². The van der Waals surface area contributed by atoms with Crippen molar-refractivity contribution in [1.82, 2.24) is 14.3 Å². The second kappa shape index (κ2) is 8.10. The summed E-state index contributed by atoms with van der Waals surface area (Å²) in [7, 11) is -1.90. The van der Waals surface area contributed by atoms with Crippen molar-refractivity contribution in [2.24, 2.45) is 12.8 Å². The minimum atomic E-state index is -3.64. The standard InChI is InChI=1S/C22H26N4O2S/c1-26-14-22(24-15-26)29(27,28)25-13-17-7-8-18-9-10-21(23)20(19(18)12-17)11-16-5-3-2-4-6-16/h2-8,12,14-15,20-21,25H,9-11,13,23H2,1H3/t20-,21+/m0/s1. The van der Waals surface area contributed by atoms with Gasteiger partial charge in [-0.2, -0.15) is 0 Å². The predicted molar refractivity (Wildman–Crippen MR) is 113 cm³/mol. The minimum absolute atomic E-state index is 0.0296. The highest BCUT2D eigenvalue weighted by Crippen LogP contribution is 2.34. The normalized spacial score (nSPS) is 19.1. The molecular formula is C22H26N4O2S. The van der Waals surface area contributed by atoms with Crippen LogP contribution in [0.4, 0.5) is 0 Å². The molecule has 0 amide bonds. The SMILES string of the molecule is Cn1cnc(S(=O)(=O)NCc2ccc3c(c2)[C@H](Cc2ccccc2)[C@H](N)CC3)c1. The highest BCUT2D eigenvalue weighted by molar-refractivity contribution is 7.89. The Morgan fingerprint density at radius 2 is 1.97 bits per heavy atom. The van der Waals surface area contributed by atoms with Gasteiger partial charge in [-0.3, -0.25) is 0 Å². The van der Waals surface area contributed by atoms with E-state index in [0.29, 0.717) is 0 Å². The van der Waals surface area contributed by atoms with Gasteiger partial charge in [0.2, 0.25) is 0 Å². The first-order valence-electron chi connectivity index (χ1n) is 9.81. The van der Waals surface area contributed by atoms with Gasteiger partial charge in [-0.05, 0) is 41.5 Å². The second-order valence-electron chi connectivity index (χ2n) is 7.73. The van der Waals surface area contributed by atoms with Gasteiger partial charge >= 0.3 is 0 Å². The molecule has 0 radical (unpaired) electrons. The summed E-state index contributed by atoms with van der Waals surface area (Å²) >= 11 is 0. The Hall–Kier alpha value is -2.48. The lowest BCUT2D eigenvalue weighted by atomic mass is 9.76. The number of benzene rings is 2. The molecule has 6 nitrogen and oxygen atoms in total. The van der Waals surface area contributed by atoms with Crippen molar-refractivity contribution >= 4 is 10.0 Å². The van der Waals surface area contributed by atoms with E-state index in [2.05, 4.69) is 34.0 Å². The monoisotopic (exact) mass is 410 g/mol. The van der Waals surface area contributed by atoms with Crippen molar-refractivity contribution in [2.75, 3.05) is 0 Å². The number of nitrogens with one attached hydrogen (secondary N) is 1. The summed E-state index contributed by atoms with van der Waals surface area (Å²) in [5.41, 5.74) is 11.2. The van der Waals surface area contributed by atoms with Gasteiger partial charge in [0.25, 0.3) is 10.0 Å². The molecule has 0 aliphatic heterocycles. The maximum Gasteiger partial charge on any atom is 0.259 e. The van der Waals surface area contributed by atoms with Crippen molar-refractivity contribution < 1.29 is 8.42 Å². The Balaban J connectivity index is 1.55. The summed E-state index contributed by atoms with van der Waals surface area (Å²) in [6.07, 6.45) is 5.78. The van der Waals surface area contributed by atoms with Crippen LogP contribution in [0.1, 0.15) is 34.6 Å². The highest BCUT2D eigenvalue weighted by Gasteiger charge is 2.27. The van der Waals surface area contributed by atoms with Gasteiger partial charge in [0.1, 0.15) is 0 Å². The number of hydrogen-bond acceptors (Lipinski definition) is 4. The summed E-state index contributed by atoms with van der Waals surface area (Å²) < 4.78 is 29.2. The highest BCUT2D eigenvalue weighted by atomic mass is 32.2. The molecule has 0 fully saturated rings. The third-order valence-electron chi connectivity index (χ3n) is 5.59. The van der Waals surface area contributed by atoms with Crippen LogP contribution >= 0.6 is 0 Å². The van der Waals surface area contributed by atoms with Crippen molar-refractivity contribution in [3.8, 4) is 0 Å². The number of hydrogen-bond donors (Lipinski definition) is 2. The molecule has 1 aliphatic rings. The van der Waals surface area contributed by atoms with Crippen LogP contribution in [0.3, 0.4) is 0 Å². The average Bonchev–Trinajstić information content (AvgIpc) is 3.17. The van der Waals surface area contributed by atoms with E-state index >= 15 is 0 Å². The molecule has 2 aromatic carbocycles. The third kappa shape index (κ3) is 4.42. The molecule has 0 saturated carbocycles. The van der Waals surface area contributed by atoms with Crippen molar-refractivity contribution in [2.45, 2.75) is 42.8 Å². The zero-order valence-corrected chi connectivity index (χ0v) is 17.3. The molecule has 4 rings (SSSR count). The number of rotatable bonds is 6. The molecule has 1 heterocycles. The molecule has 152 valence electrons. The quantitative estimate of drug-likeness (QED) is 0.653. The molecule has 7 heteroatoms. The molecule has 0 saturated heterocycles. The fourth-order valence-corrected chi connectivity index (χ4v) is 4.99. The van der Waals surface area contributed by atoms with Crippen molar-refractivity contribution in [3.05, 3.63) is 83.3 Å². The zero-order chi connectivity index (χ0) is 20.4. The van der Waals surface area contributed by atoms with Gasteiger partial charge in [0, 0.05) is 31.7 Å². The molecule has 0 bridgehead atoms. The first-order valence-corrected chi connectivity index (χ1v) is 11.3. The average molecular weight is 411 g/mol. The van der Waals surface area contributed by atoms with E-state index in [0.717, 1.165) is 24.8 Å². The van der Waals surface area contributed by atoms with E-state index in [1.54, 1.807) is 11.6 Å². The van der Waals surface area contributed by atoms with Crippen LogP contribution in [0.2, 0.25) is 0 Å². The second-order valence-corrected chi connectivity index (χ2v) is 9.45. The zero-order valence-electron chi connectivity index (χ0n) is 16.5. The topological polar surface area (TPSA) is 90.0 Å². The summed E-state index contributed by atoms with van der Waals surface area (Å²) in [5, 5.41) is 0.0296. The lowest BCUT2D eigenvalue weighted by molar-refractivity contribution is 0.467. The number of aryl methyl sites for hydroxylation is 2. The number of nitrogens with zero attached hydrogens (tertiary/aromatic N) is 2. The molecule has 3 aromatic rings. The molecule has 0 spiro atoms. The Morgan fingerprint density at radius 1 is 1.17 bits per heavy atom. The van der Waals surface area contributed by atoms with Crippen molar-refractivity contribution in [1.29, 1.82) is 0 Å². The molecule has 2 atom stereocenters. The molecule has 1 aromatic heterocycles. The molecule has 1 aliphatic carbocycles. The van der Waals surface area contributed by atoms with Gasteiger partial charge in [-0.25, -0.2) is 18.1 Å². The fourth-order valence-electron chi connectivity index (χ4n) is 3.99. The third-order valence-corrected chi connectivity index (χ3v) is 6.88. The lowest BCUT2D eigenvalue weighted by Crippen LogP contribution is -2.34. The number of sulfonamides is 1. The number of imidazole rings is 1. The summed E-state index contributed by atoms with van der Waals surface area (Å²) in [6, 6.07) is 16.7. The smallest absolute Gasteiger partial charge is 0.259 e. The Kier molecular flexibility index (Phi) is 5.54. The minimum Gasteiger partial charge on any atom is -0.339 e. The van der Waals surface area contributed by atoms with Crippen LogP contribution in [-0.2, 0) is 36.5 Å². The van der Waals surface area contributed by atoms with E-state index in [1.165, 1.54) is 29.2 Å². The summed E-state index contributed by atoms with van der Waals surface area (Å²) in [6.45, 7) is 0.222. The Morgan fingerprint density at radius 3 is 2.69 bits per heavy atom. The lowest BCUT2D eigenvalue weighted by Gasteiger charge is -2.32. The number of fused-ring (bicyclic) bond motifs is 1. The fraction of sp³-hybridized carbons (Fsp3) is 0.318. The van der Waals surface area contributed by atoms with Gasteiger partial charge < -0.3 is 10.3 Å². The van der Waals surface area contributed by atoms with Crippen LogP contribution in [0.5, 0.6) is 0 Å². The first kappa shape index (κ1) is 19.8. The maximum absolute atomic E-state index is 12.5. The first-order chi connectivity index (χ1) is 13.9. The van der Waals surface area contributed by atoms with Crippen LogP contribution in [-0.4, -0.2) is 24.0 Å². The van der Waals surface area contributed by atoms with Crippen LogP contribution in [0.15, 0.2) is 66.1 Å². The maximum atomic E-state index is 12.5. The largest absolute Gasteiger partial charge is 0.339 e. The van der Waals surface area contributed by atoms with E-state index in [1.807, 2.05) is 24.3 Å².